The predicted molar refractivity (Wildman–Crippen MR) is 91.3 cm³/mol. The molecular formula is C17H29ClN4. The Balaban J connectivity index is 1.53. The summed E-state index contributed by atoms with van der Waals surface area (Å²) >= 11 is 6.31. The van der Waals surface area contributed by atoms with Crippen molar-refractivity contribution >= 4 is 11.6 Å². The molecule has 0 bridgehead atoms. The van der Waals surface area contributed by atoms with Gasteiger partial charge >= 0.3 is 0 Å². The second kappa shape index (κ2) is 7.33. The van der Waals surface area contributed by atoms with E-state index in [9.17, 15) is 0 Å². The number of rotatable bonds is 5. The zero-order chi connectivity index (χ0) is 15.4. The predicted octanol–water partition coefficient (Wildman–Crippen LogP) is 3.37. The maximum Gasteiger partial charge on any atom is 0.151 e. The molecule has 1 aromatic heterocycles. The average Bonchev–Trinajstić information content (AvgIpc) is 2.89. The van der Waals surface area contributed by atoms with Gasteiger partial charge in [0.2, 0.25) is 0 Å². The minimum Gasteiger partial charge on any atom is -0.344 e. The number of aromatic amines is 1. The highest BCUT2D eigenvalue weighted by Gasteiger charge is 2.35. The third-order valence-electron chi connectivity index (χ3n) is 5.51. The number of hydrogen-bond donors (Lipinski definition) is 2. The van der Waals surface area contributed by atoms with Crippen LogP contribution in [0.25, 0.3) is 0 Å². The van der Waals surface area contributed by atoms with Crippen LogP contribution in [0.15, 0.2) is 0 Å². The third-order valence-corrected chi connectivity index (χ3v) is 5.82. The van der Waals surface area contributed by atoms with Gasteiger partial charge in [-0.3, -0.25) is 4.90 Å². The van der Waals surface area contributed by atoms with Gasteiger partial charge < -0.3 is 10.3 Å². The molecule has 0 aliphatic carbocycles. The number of halogens is 1. The summed E-state index contributed by atoms with van der Waals surface area (Å²) in [6.07, 6.45) is 8.75. The average molecular weight is 325 g/mol. The van der Waals surface area contributed by atoms with Crippen LogP contribution in [0.2, 0.25) is 5.15 Å². The van der Waals surface area contributed by atoms with E-state index in [0.717, 1.165) is 24.5 Å². The number of H-pyrrole nitrogens is 1. The first-order valence-corrected chi connectivity index (χ1v) is 9.25. The highest BCUT2D eigenvalue weighted by atomic mass is 35.5. The Hall–Kier alpha value is -0.580. The van der Waals surface area contributed by atoms with Crippen LogP contribution in [0, 0.1) is 5.41 Å². The van der Waals surface area contributed by atoms with Crippen LogP contribution >= 0.6 is 11.6 Å². The van der Waals surface area contributed by atoms with Crippen molar-refractivity contribution in [3.8, 4) is 0 Å². The number of likely N-dealkylation sites (tertiary alicyclic amines) is 1. The number of piperidine rings is 2. The highest BCUT2D eigenvalue weighted by molar-refractivity contribution is 6.30. The van der Waals surface area contributed by atoms with Crippen molar-refractivity contribution in [2.45, 2.75) is 58.4 Å². The molecule has 3 rings (SSSR count). The van der Waals surface area contributed by atoms with E-state index in [-0.39, 0.29) is 0 Å². The Kier molecular flexibility index (Phi) is 5.42. The molecule has 2 fully saturated rings. The second-order valence-corrected chi connectivity index (χ2v) is 7.44. The Labute approximate surface area is 139 Å². The van der Waals surface area contributed by atoms with Gasteiger partial charge in [0.1, 0.15) is 5.82 Å². The SMILES string of the molecule is CCCCc1nc(Cl)c(CN2CCC3(CCNCC3)CC2)[nH]1. The topological polar surface area (TPSA) is 44.0 Å². The van der Waals surface area contributed by atoms with Gasteiger partial charge in [-0.05, 0) is 63.7 Å². The number of aryl methyl sites for hydroxylation is 1. The fraction of sp³-hybridized carbons (Fsp3) is 0.824. The summed E-state index contributed by atoms with van der Waals surface area (Å²) in [5.74, 6) is 1.05. The summed E-state index contributed by atoms with van der Waals surface area (Å²) in [6, 6.07) is 0. The number of hydrogen-bond acceptors (Lipinski definition) is 3. The van der Waals surface area contributed by atoms with Gasteiger partial charge in [-0.2, -0.15) is 0 Å². The van der Waals surface area contributed by atoms with Crippen LogP contribution in [-0.2, 0) is 13.0 Å². The number of imidazole rings is 1. The Bertz CT molecular complexity index is 469. The molecule has 0 aromatic carbocycles. The van der Waals surface area contributed by atoms with Gasteiger partial charge in [-0.15, -0.1) is 0 Å². The van der Waals surface area contributed by atoms with Crippen molar-refractivity contribution < 1.29 is 0 Å². The number of nitrogens with zero attached hydrogens (tertiary/aromatic N) is 2. The molecule has 0 amide bonds. The molecular weight excluding hydrogens is 296 g/mol. The standard InChI is InChI=1S/C17H29ClN4/c1-2-3-4-15-20-14(16(18)21-15)13-22-11-7-17(8-12-22)5-9-19-10-6-17/h19H,2-13H2,1H3,(H,20,21). The zero-order valence-corrected chi connectivity index (χ0v) is 14.5. The molecule has 1 aromatic rings. The number of nitrogens with one attached hydrogen (secondary N) is 2. The van der Waals surface area contributed by atoms with E-state index in [1.165, 1.54) is 64.7 Å². The van der Waals surface area contributed by atoms with Gasteiger partial charge in [0.25, 0.3) is 0 Å². The molecule has 124 valence electrons. The van der Waals surface area contributed by atoms with E-state index in [0.29, 0.717) is 10.6 Å². The van der Waals surface area contributed by atoms with E-state index in [1.54, 1.807) is 0 Å². The van der Waals surface area contributed by atoms with E-state index in [2.05, 4.69) is 27.1 Å². The molecule has 3 heterocycles. The Morgan fingerprint density at radius 3 is 2.59 bits per heavy atom. The van der Waals surface area contributed by atoms with Crippen LogP contribution in [0.5, 0.6) is 0 Å². The van der Waals surface area contributed by atoms with E-state index >= 15 is 0 Å². The van der Waals surface area contributed by atoms with Crippen molar-refractivity contribution in [1.29, 1.82) is 0 Å². The van der Waals surface area contributed by atoms with Crippen LogP contribution in [0.4, 0.5) is 0 Å². The van der Waals surface area contributed by atoms with Gasteiger partial charge in [0, 0.05) is 13.0 Å². The molecule has 0 radical (unpaired) electrons. The summed E-state index contributed by atoms with van der Waals surface area (Å²) in [4.78, 5) is 10.4. The lowest BCUT2D eigenvalue weighted by molar-refractivity contribution is 0.0695. The molecule has 1 spiro atoms. The fourth-order valence-corrected chi connectivity index (χ4v) is 4.08. The van der Waals surface area contributed by atoms with Crippen molar-refractivity contribution in [1.82, 2.24) is 20.2 Å². The van der Waals surface area contributed by atoms with Crippen molar-refractivity contribution in [3.63, 3.8) is 0 Å². The molecule has 2 aliphatic rings. The van der Waals surface area contributed by atoms with Gasteiger partial charge in [0.05, 0.1) is 5.69 Å². The molecule has 2 aliphatic heterocycles. The molecule has 5 heteroatoms. The van der Waals surface area contributed by atoms with Gasteiger partial charge in [-0.25, -0.2) is 4.98 Å². The summed E-state index contributed by atoms with van der Waals surface area (Å²) in [6.45, 7) is 7.92. The van der Waals surface area contributed by atoms with Crippen molar-refractivity contribution in [2.75, 3.05) is 26.2 Å². The summed E-state index contributed by atoms with van der Waals surface area (Å²) in [7, 11) is 0. The highest BCUT2D eigenvalue weighted by Crippen LogP contribution is 2.39. The lowest BCUT2D eigenvalue weighted by Crippen LogP contribution is -2.45. The van der Waals surface area contributed by atoms with Crippen LogP contribution < -0.4 is 5.32 Å². The number of unbranched alkanes of at least 4 members (excludes halogenated alkanes) is 1. The maximum atomic E-state index is 6.31. The van der Waals surface area contributed by atoms with Crippen LogP contribution in [0.3, 0.4) is 0 Å². The first-order chi connectivity index (χ1) is 10.7. The maximum absolute atomic E-state index is 6.31. The molecule has 0 unspecified atom stereocenters. The Morgan fingerprint density at radius 1 is 1.18 bits per heavy atom. The minimum atomic E-state index is 0.617. The van der Waals surface area contributed by atoms with Gasteiger partial charge in [0.15, 0.2) is 5.15 Å². The molecule has 22 heavy (non-hydrogen) atoms. The van der Waals surface area contributed by atoms with E-state index in [1.807, 2.05) is 0 Å². The number of aromatic nitrogens is 2. The normalized spacial score (nSPS) is 22.3. The second-order valence-electron chi connectivity index (χ2n) is 7.08. The van der Waals surface area contributed by atoms with E-state index < -0.39 is 0 Å². The van der Waals surface area contributed by atoms with Crippen LogP contribution in [-0.4, -0.2) is 41.0 Å². The quantitative estimate of drug-likeness (QED) is 0.872. The molecule has 2 N–H and O–H groups in total. The summed E-state index contributed by atoms with van der Waals surface area (Å²) < 4.78 is 0. The van der Waals surface area contributed by atoms with Crippen molar-refractivity contribution in [3.05, 3.63) is 16.7 Å². The molecule has 0 saturated carbocycles. The van der Waals surface area contributed by atoms with Crippen molar-refractivity contribution in [2.24, 2.45) is 5.41 Å². The lowest BCUT2D eigenvalue weighted by atomic mass is 9.71. The zero-order valence-electron chi connectivity index (χ0n) is 13.8. The smallest absolute Gasteiger partial charge is 0.151 e. The summed E-state index contributed by atoms with van der Waals surface area (Å²) in [5.41, 5.74) is 1.72. The molecule has 4 nitrogen and oxygen atoms in total. The molecule has 2 saturated heterocycles. The lowest BCUT2D eigenvalue weighted by Gasteiger charge is -2.44. The molecule has 0 atom stereocenters. The largest absolute Gasteiger partial charge is 0.344 e. The summed E-state index contributed by atoms with van der Waals surface area (Å²) in [5, 5.41) is 4.16. The fourth-order valence-electron chi connectivity index (χ4n) is 3.87. The Morgan fingerprint density at radius 2 is 1.91 bits per heavy atom. The third kappa shape index (κ3) is 3.84. The van der Waals surface area contributed by atoms with Gasteiger partial charge in [-0.1, -0.05) is 24.9 Å². The first-order valence-electron chi connectivity index (χ1n) is 8.87. The first kappa shape index (κ1) is 16.3. The minimum absolute atomic E-state index is 0.617. The monoisotopic (exact) mass is 324 g/mol. The van der Waals surface area contributed by atoms with Crippen LogP contribution in [0.1, 0.15) is 57.0 Å². The van der Waals surface area contributed by atoms with E-state index in [4.69, 9.17) is 11.6 Å².